The third-order valence-electron chi connectivity index (χ3n) is 4.03. The van der Waals surface area contributed by atoms with Crippen molar-refractivity contribution in [2.24, 2.45) is 5.41 Å². The van der Waals surface area contributed by atoms with E-state index in [0.29, 0.717) is 6.04 Å². The Morgan fingerprint density at radius 2 is 1.85 bits per heavy atom. The molecule has 0 amide bonds. The van der Waals surface area contributed by atoms with Crippen LogP contribution in [0.25, 0.3) is 0 Å². The number of methoxy groups -OCH3 is 1. The summed E-state index contributed by atoms with van der Waals surface area (Å²) in [6.45, 7) is 11.2. The van der Waals surface area contributed by atoms with E-state index in [1.807, 2.05) is 12.1 Å². The van der Waals surface area contributed by atoms with Crippen LogP contribution in [0.15, 0.2) is 24.3 Å². The molecule has 3 heteroatoms. The normalized spacial score (nSPS) is 13.1. The van der Waals surface area contributed by atoms with E-state index < -0.39 is 0 Å². The zero-order chi connectivity index (χ0) is 15.2. The lowest BCUT2D eigenvalue weighted by Crippen LogP contribution is -2.46. The molecule has 3 nitrogen and oxygen atoms in total. The molecule has 1 aromatic rings. The number of hydrogen-bond acceptors (Lipinski definition) is 3. The zero-order valence-electron chi connectivity index (χ0n) is 13.9. The highest BCUT2D eigenvalue weighted by Gasteiger charge is 2.27. The van der Waals surface area contributed by atoms with Crippen molar-refractivity contribution in [1.82, 2.24) is 5.32 Å². The summed E-state index contributed by atoms with van der Waals surface area (Å²) in [7, 11) is 3.85. The van der Waals surface area contributed by atoms with Crippen LogP contribution in [0.3, 0.4) is 0 Å². The van der Waals surface area contributed by atoms with Crippen molar-refractivity contribution in [2.75, 3.05) is 32.1 Å². The zero-order valence-corrected chi connectivity index (χ0v) is 13.9. The second-order valence-electron chi connectivity index (χ2n) is 6.22. The fraction of sp³-hybridized carbons (Fsp3) is 0.647. The van der Waals surface area contributed by atoms with Crippen LogP contribution in [0.4, 0.5) is 5.69 Å². The Labute approximate surface area is 124 Å². The summed E-state index contributed by atoms with van der Waals surface area (Å²) < 4.78 is 5.20. The number of nitrogens with zero attached hydrogens (tertiary/aromatic N) is 1. The van der Waals surface area contributed by atoms with Gasteiger partial charge < -0.3 is 15.0 Å². The largest absolute Gasteiger partial charge is 0.497 e. The molecule has 114 valence electrons. The summed E-state index contributed by atoms with van der Waals surface area (Å²) in [5.41, 5.74) is 1.44. The van der Waals surface area contributed by atoms with Gasteiger partial charge in [-0.05, 0) is 49.6 Å². The van der Waals surface area contributed by atoms with E-state index in [-0.39, 0.29) is 5.41 Å². The average molecular weight is 278 g/mol. The summed E-state index contributed by atoms with van der Waals surface area (Å²) in [5, 5.41) is 3.60. The van der Waals surface area contributed by atoms with E-state index in [9.17, 15) is 0 Å². The highest BCUT2D eigenvalue weighted by atomic mass is 16.5. The van der Waals surface area contributed by atoms with Crippen LogP contribution in [-0.4, -0.2) is 33.3 Å². The molecule has 1 unspecified atom stereocenters. The molecule has 0 spiro atoms. The SMILES string of the molecule is CCCNC(C)C(C)(C)CN(C)c1ccc(OC)cc1. The highest BCUT2D eigenvalue weighted by Crippen LogP contribution is 2.25. The third-order valence-corrected chi connectivity index (χ3v) is 4.03. The van der Waals surface area contributed by atoms with E-state index >= 15 is 0 Å². The molecule has 0 aliphatic heterocycles. The molecule has 0 aliphatic rings. The van der Waals surface area contributed by atoms with Crippen molar-refractivity contribution in [1.29, 1.82) is 0 Å². The predicted molar refractivity (Wildman–Crippen MR) is 87.8 cm³/mol. The molecule has 1 aromatic carbocycles. The van der Waals surface area contributed by atoms with Gasteiger partial charge in [-0.15, -0.1) is 0 Å². The lowest BCUT2D eigenvalue weighted by molar-refractivity contribution is 0.263. The first-order chi connectivity index (χ1) is 9.40. The number of hydrogen-bond donors (Lipinski definition) is 1. The average Bonchev–Trinajstić information content (AvgIpc) is 2.44. The third kappa shape index (κ3) is 4.71. The van der Waals surface area contributed by atoms with Crippen molar-refractivity contribution < 1.29 is 4.74 Å². The van der Waals surface area contributed by atoms with Gasteiger partial charge in [-0.3, -0.25) is 0 Å². The minimum Gasteiger partial charge on any atom is -0.497 e. The molecule has 0 fully saturated rings. The maximum absolute atomic E-state index is 5.20. The second kappa shape index (κ2) is 7.53. The van der Waals surface area contributed by atoms with Crippen molar-refractivity contribution in [3.63, 3.8) is 0 Å². The molecule has 0 saturated carbocycles. The topological polar surface area (TPSA) is 24.5 Å². The number of anilines is 1. The smallest absolute Gasteiger partial charge is 0.119 e. The number of benzene rings is 1. The van der Waals surface area contributed by atoms with Crippen LogP contribution in [0.5, 0.6) is 5.75 Å². The van der Waals surface area contributed by atoms with Gasteiger partial charge in [-0.1, -0.05) is 20.8 Å². The lowest BCUT2D eigenvalue weighted by atomic mass is 9.84. The molecule has 20 heavy (non-hydrogen) atoms. The van der Waals surface area contributed by atoms with Crippen molar-refractivity contribution in [3.05, 3.63) is 24.3 Å². The van der Waals surface area contributed by atoms with Crippen LogP contribution in [0.2, 0.25) is 0 Å². The Balaban J connectivity index is 2.64. The predicted octanol–water partition coefficient (Wildman–Crippen LogP) is 3.55. The van der Waals surface area contributed by atoms with E-state index in [4.69, 9.17) is 4.74 Å². The monoisotopic (exact) mass is 278 g/mol. The van der Waals surface area contributed by atoms with Gasteiger partial charge in [0, 0.05) is 25.3 Å². The van der Waals surface area contributed by atoms with E-state index in [2.05, 4.69) is 57.1 Å². The Morgan fingerprint density at radius 1 is 1.25 bits per heavy atom. The van der Waals surface area contributed by atoms with Crippen LogP contribution >= 0.6 is 0 Å². The standard InChI is InChI=1S/C17H30N2O/c1-7-12-18-14(2)17(3,4)13-19(5)15-8-10-16(20-6)11-9-15/h8-11,14,18H,7,12-13H2,1-6H3. The van der Waals surface area contributed by atoms with E-state index in [0.717, 1.165) is 18.8 Å². The van der Waals surface area contributed by atoms with Gasteiger partial charge in [0.05, 0.1) is 7.11 Å². The first-order valence-corrected chi connectivity index (χ1v) is 7.49. The van der Waals surface area contributed by atoms with Crippen molar-refractivity contribution in [2.45, 2.75) is 40.2 Å². The molecule has 0 aliphatic carbocycles. The Kier molecular flexibility index (Phi) is 6.34. The van der Waals surface area contributed by atoms with Crippen molar-refractivity contribution in [3.8, 4) is 5.75 Å². The molecular weight excluding hydrogens is 248 g/mol. The van der Waals surface area contributed by atoms with E-state index in [1.165, 1.54) is 12.1 Å². The molecule has 0 heterocycles. The fourth-order valence-electron chi connectivity index (χ4n) is 2.31. The molecule has 0 bridgehead atoms. The van der Waals surface area contributed by atoms with Gasteiger partial charge in [0.25, 0.3) is 0 Å². The molecule has 1 atom stereocenters. The summed E-state index contributed by atoms with van der Waals surface area (Å²) in [4.78, 5) is 2.31. The summed E-state index contributed by atoms with van der Waals surface area (Å²) in [6.07, 6.45) is 1.18. The fourth-order valence-corrected chi connectivity index (χ4v) is 2.31. The quantitative estimate of drug-likeness (QED) is 0.787. The summed E-state index contributed by atoms with van der Waals surface area (Å²) in [5.74, 6) is 0.902. The van der Waals surface area contributed by atoms with Gasteiger partial charge >= 0.3 is 0 Å². The molecular formula is C17H30N2O. The van der Waals surface area contributed by atoms with E-state index in [1.54, 1.807) is 7.11 Å². The second-order valence-corrected chi connectivity index (χ2v) is 6.22. The number of nitrogens with one attached hydrogen (secondary N) is 1. The lowest BCUT2D eigenvalue weighted by Gasteiger charge is -2.37. The minimum atomic E-state index is 0.212. The maximum atomic E-state index is 5.20. The Bertz CT molecular complexity index is 386. The Hall–Kier alpha value is -1.22. The summed E-state index contributed by atoms with van der Waals surface area (Å²) in [6, 6.07) is 8.73. The molecule has 1 N–H and O–H groups in total. The maximum Gasteiger partial charge on any atom is 0.119 e. The molecule has 0 radical (unpaired) electrons. The summed E-state index contributed by atoms with van der Waals surface area (Å²) >= 11 is 0. The van der Waals surface area contributed by atoms with Gasteiger partial charge in [-0.2, -0.15) is 0 Å². The van der Waals surface area contributed by atoms with Crippen LogP contribution in [0, 0.1) is 5.41 Å². The highest BCUT2D eigenvalue weighted by molar-refractivity contribution is 5.48. The van der Waals surface area contributed by atoms with Gasteiger partial charge in [-0.25, -0.2) is 0 Å². The number of rotatable bonds is 8. The van der Waals surface area contributed by atoms with Crippen LogP contribution in [0.1, 0.15) is 34.1 Å². The van der Waals surface area contributed by atoms with Crippen molar-refractivity contribution >= 4 is 5.69 Å². The minimum absolute atomic E-state index is 0.212. The van der Waals surface area contributed by atoms with Crippen LogP contribution in [-0.2, 0) is 0 Å². The molecule has 0 aromatic heterocycles. The first-order valence-electron chi connectivity index (χ1n) is 7.49. The molecule has 0 saturated heterocycles. The first kappa shape index (κ1) is 16.8. The van der Waals surface area contributed by atoms with Crippen LogP contribution < -0.4 is 15.0 Å². The Morgan fingerprint density at radius 3 is 2.35 bits per heavy atom. The van der Waals surface area contributed by atoms with Gasteiger partial charge in [0.1, 0.15) is 5.75 Å². The van der Waals surface area contributed by atoms with Gasteiger partial charge in [0.15, 0.2) is 0 Å². The number of ether oxygens (including phenoxy) is 1. The van der Waals surface area contributed by atoms with Gasteiger partial charge in [0.2, 0.25) is 0 Å². The molecule has 1 rings (SSSR count).